The highest BCUT2D eigenvalue weighted by molar-refractivity contribution is 5.68. The Kier molecular flexibility index (Phi) is 4.11. The van der Waals surface area contributed by atoms with Gasteiger partial charge in [0.25, 0.3) is 0 Å². The fraction of sp³-hybridized carbons (Fsp3) is 0.167. The van der Waals surface area contributed by atoms with Crippen LogP contribution < -0.4 is 15.2 Å². The quantitative estimate of drug-likeness (QED) is 0.930. The number of rotatable bonds is 3. The van der Waals surface area contributed by atoms with Crippen LogP contribution in [0, 0.1) is 0 Å². The number of aromatic nitrogens is 3. The number of amides is 1. The minimum atomic E-state index is -4.74. The van der Waals surface area contributed by atoms with Gasteiger partial charge in [-0.3, -0.25) is 0 Å². The number of carbonyl (C=O) groups is 1. The Bertz CT molecular complexity index is 689. The molecule has 0 atom stereocenters. The molecule has 0 fully saturated rings. The Balaban J connectivity index is 2.41. The molecular formula is C12H9F3N4O3. The van der Waals surface area contributed by atoms with Gasteiger partial charge in [-0.05, 0) is 24.3 Å². The normalized spacial score (nSPS) is 11.1. The predicted molar refractivity (Wildman–Crippen MR) is 67.0 cm³/mol. The number of hydrogen-bond acceptors (Lipinski definition) is 6. The standard InChI is InChI=1S/C12H9F3N4O3/c1-21-11-18-8(17-9(19-11)12(13,14)15)6-2-4-7(5-3-6)22-10(16)20/h2-5H,1H3,(H2,16,20). The zero-order valence-corrected chi connectivity index (χ0v) is 11.1. The molecule has 2 rings (SSSR count). The summed E-state index contributed by atoms with van der Waals surface area (Å²) in [6, 6.07) is 4.95. The minimum absolute atomic E-state index is 0.133. The molecule has 22 heavy (non-hydrogen) atoms. The number of methoxy groups -OCH3 is 1. The molecule has 116 valence electrons. The van der Waals surface area contributed by atoms with Gasteiger partial charge in [0.15, 0.2) is 5.82 Å². The number of hydrogen-bond donors (Lipinski definition) is 1. The van der Waals surface area contributed by atoms with Gasteiger partial charge in [-0.1, -0.05) is 0 Å². The Morgan fingerprint density at radius 3 is 2.27 bits per heavy atom. The fourth-order valence-corrected chi connectivity index (χ4v) is 1.49. The van der Waals surface area contributed by atoms with Crippen molar-refractivity contribution in [3.63, 3.8) is 0 Å². The summed E-state index contributed by atoms with van der Waals surface area (Å²) in [5.74, 6) is -1.47. The van der Waals surface area contributed by atoms with Crippen LogP contribution in [0.5, 0.6) is 11.8 Å². The first kappa shape index (κ1) is 15.5. The van der Waals surface area contributed by atoms with Crippen molar-refractivity contribution in [1.82, 2.24) is 15.0 Å². The summed E-state index contributed by atoms with van der Waals surface area (Å²) >= 11 is 0. The molecule has 0 aliphatic heterocycles. The number of ether oxygens (including phenoxy) is 2. The van der Waals surface area contributed by atoms with Gasteiger partial charge >= 0.3 is 18.3 Å². The van der Waals surface area contributed by atoms with E-state index in [9.17, 15) is 18.0 Å². The number of benzene rings is 1. The second-order valence-electron chi connectivity index (χ2n) is 3.91. The summed E-state index contributed by atoms with van der Waals surface area (Å²) in [4.78, 5) is 20.8. The molecular weight excluding hydrogens is 305 g/mol. The van der Waals surface area contributed by atoms with Gasteiger partial charge in [0.1, 0.15) is 5.75 Å². The van der Waals surface area contributed by atoms with Crippen LogP contribution in [0.2, 0.25) is 0 Å². The third-order valence-corrected chi connectivity index (χ3v) is 2.38. The Hall–Kier alpha value is -2.91. The van der Waals surface area contributed by atoms with Crippen molar-refractivity contribution in [3.8, 4) is 23.1 Å². The van der Waals surface area contributed by atoms with E-state index in [0.29, 0.717) is 0 Å². The first-order valence-corrected chi connectivity index (χ1v) is 5.74. The zero-order chi connectivity index (χ0) is 16.3. The molecule has 0 unspecified atom stereocenters. The smallest absolute Gasteiger partial charge is 0.451 e. The van der Waals surface area contributed by atoms with Gasteiger partial charge in [0.05, 0.1) is 7.11 Å². The van der Waals surface area contributed by atoms with Gasteiger partial charge in [-0.2, -0.15) is 23.1 Å². The molecule has 1 heterocycles. The van der Waals surface area contributed by atoms with Gasteiger partial charge < -0.3 is 15.2 Å². The van der Waals surface area contributed by atoms with Gasteiger partial charge in [0.2, 0.25) is 5.82 Å². The SMILES string of the molecule is COc1nc(-c2ccc(OC(N)=O)cc2)nc(C(F)(F)F)n1. The van der Waals surface area contributed by atoms with Crippen molar-refractivity contribution < 1.29 is 27.4 Å². The van der Waals surface area contributed by atoms with E-state index in [1.165, 1.54) is 24.3 Å². The number of alkyl halides is 3. The van der Waals surface area contributed by atoms with Crippen LogP contribution in [0.15, 0.2) is 24.3 Å². The number of nitrogens with zero attached hydrogens (tertiary/aromatic N) is 3. The largest absolute Gasteiger partial charge is 0.467 e. The van der Waals surface area contributed by atoms with E-state index in [2.05, 4.69) is 24.4 Å². The highest BCUT2D eigenvalue weighted by Gasteiger charge is 2.36. The first-order chi connectivity index (χ1) is 10.3. The Morgan fingerprint density at radius 1 is 1.14 bits per heavy atom. The summed E-state index contributed by atoms with van der Waals surface area (Å²) in [5.41, 5.74) is 5.10. The average molecular weight is 314 g/mol. The molecule has 7 nitrogen and oxygen atoms in total. The van der Waals surface area contributed by atoms with Crippen molar-refractivity contribution in [1.29, 1.82) is 0 Å². The molecule has 0 radical (unpaired) electrons. The molecule has 0 spiro atoms. The average Bonchev–Trinajstić information content (AvgIpc) is 2.46. The zero-order valence-electron chi connectivity index (χ0n) is 11.1. The van der Waals surface area contributed by atoms with Crippen molar-refractivity contribution in [2.45, 2.75) is 6.18 Å². The number of halogens is 3. The molecule has 1 aromatic carbocycles. The van der Waals surface area contributed by atoms with Gasteiger partial charge in [-0.25, -0.2) is 9.78 Å². The molecule has 1 aromatic heterocycles. The van der Waals surface area contributed by atoms with E-state index >= 15 is 0 Å². The number of nitrogens with two attached hydrogens (primary N) is 1. The number of primary amides is 1. The Labute approximate surface area is 121 Å². The molecule has 2 aromatic rings. The van der Waals surface area contributed by atoms with Crippen molar-refractivity contribution in [2.24, 2.45) is 5.73 Å². The van der Waals surface area contributed by atoms with Crippen LogP contribution in [0.4, 0.5) is 18.0 Å². The topological polar surface area (TPSA) is 100 Å². The summed E-state index contributed by atoms with van der Waals surface area (Å²) in [5, 5.41) is 0. The van der Waals surface area contributed by atoms with E-state index in [4.69, 9.17) is 5.73 Å². The molecule has 2 N–H and O–H groups in total. The molecule has 0 aliphatic rings. The van der Waals surface area contributed by atoms with Crippen molar-refractivity contribution >= 4 is 6.09 Å². The summed E-state index contributed by atoms with van der Waals surface area (Å²) < 4.78 is 47.4. The highest BCUT2D eigenvalue weighted by Crippen LogP contribution is 2.29. The van der Waals surface area contributed by atoms with Crippen LogP contribution in [0.1, 0.15) is 5.82 Å². The van der Waals surface area contributed by atoms with Crippen LogP contribution >= 0.6 is 0 Å². The van der Waals surface area contributed by atoms with E-state index in [1.54, 1.807) is 0 Å². The van der Waals surface area contributed by atoms with Crippen molar-refractivity contribution in [3.05, 3.63) is 30.1 Å². The van der Waals surface area contributed by atoms with Gasteiger partial charge in [-0.15, -0.1) is 0 Å². The lowest BCUT2D eigenvalue weighted by Crippen LogP contribution is -2.16. The monoisotopic (exact) mass is 314 g/mol. The molecule has 0 saturated carbocycles. The number of carbonyl (C=O) groups excluding carboxylic acids is 1. The third kappa shape index (κ3) is 3.59. The lowest BCUT2D eigenvalue weighted by atomic mass is 10.2. The molecule has 0 saturated heterocycles. The third-order valence-electron chi connectivity index (χ3n) is 2.38. The molecule has 10 heteroatoms. The Morgan fingerprint density at radius 2 is 1.77 bits per heavy atom. The van der Waals surface area contributed by atoms with E-state index < -0.39 is 24.1 Å². The predicted octanol–water partition coefficient (Wildman–Crippen LogP) is 2.02. The summed E-state index contributed by atoms with van der Waals surface area (Å²) in [6.07, 6.45) is -5.74. The maximum absolute atomic E-state index is 12.7. The minimum Gasteiger partial charge on any atom is -0.467 e. The van der Waals surface area contributed by atoms with Crippen LogP contribution in [0.3, 0.4) is 0 Å². The molecule has 1 amide bonds. The lowest BCUT2D eigenvalue weighted by molar-refractivity contribution is -0.145. The maximum atomic E-state index is 12.7. The second-order valence-corrected chi connectivity index (χ2v) is 3.91. The van der Waals surface area contributed by atoms with Crippen LogP contribution in [0.25, 0.3) is 11.4 Å². The van der Waals surface area contributed by atoms with E-state index in [1.807, 2.05) is 0 Å². The lowest BCUT2D eigenvalue weighted by Gasteiger charge is -2.09. The maximum Gasteiger partial charge on any atom is 0.451 e. The highest BCUT2D eigenvalue weighted by atomic mass is 19.4. The molecule has 0 bridgehead atoms. The second kappa shape index (κ2) is 5.84. The van der Waals surface area contributed by atoms with Gasteiger partial charge in [0, 0.05) is 5.56 Å². The molecule has 0 aliphatic carbocycles. The van der Waals surface area contributed by atoms with Crippen molar-refractivity contribution in [2.75, 3.05) is 7.11 Å². The van der Waals surface area contributed by atoms with E-state index in [0.717, 1.165) is 7.11 Å². The summed E-state index contributed by atoms with van der Waals surface area (Å²) in [7, 11) is 1.14. The summed E-state index contributed by atoms with van der Waals surface area (Å²) in [6.45, 7) is 0. The fourth-order valence-electron chi connectivity index (χ4n) is 1.49. The first-order valence-electron chi connectivity index (χ1n) is 5.74. The van der Waals surface area contributed by atoms with Crippen LogP contribution in [-0.2, 0) is 6.18 Å². The van der Waals surface area contributed by atoms with Crippen LogP contribution in [-0.4, -0.2) is 28.2 Å². The van der Waals surface area contributed by atoms with E-state index in [-0.39, 0.29) is 17.1 Å².